The average molecular weight is 1110 g/mol. The number of amides is 1. The maximum Gasteiger partial charge on any atom is 0.509 e. The quantitative estimate of drug-likeness (QED) is 0.0308. The molecule has 2 saturated carbocycles. The minimum absolute atomic E-state index is 0.0286. The highest BCUT2D eigenvalue weighted by Gasteiger charge is 2.78. The molecule has 22 heteroatoms. The minimum Gasteiger partial charge on any atom is -0.464 e. The number of hydrogen-bond donors (Lipinski definition) is 3. The summed E-state index contributed by atoms with van der Waals surface area (Å²) in [5.41, 5.74) is -7.69. The van der Waals surface area contributed by atoms with Crippen LogP contribution >= 0.6 is 33.2 Å². The third-order valence-corrected chi connectivity index (χ3v) is 17.2. The van der Waals surface area contributed by atoms with Gasteiger partial charge in [-0.3, -0.25) is 24.0 Å². The zero-order valence-corrected chi connectivity index (χ0v) is 44.9. The molecule has 408 valence electrons. The summed E-state index contributed by atoms with van der Waals surface area (Å²) in [6.45, 7) is 7.66. The van der Waals surface area contributed by atoms with Crippen LogP contribution in [0.15, 0.2) is 102 Å². The van der Waals surface area contributed by atoms with Gasteiger partial charge in [0.25, 0.3) is 5.91 Å². The number of Topliss-reactive ketones (excluding diaryl/α,β-unsaturated/α-hetero) is 1. The Morgan fingerprint density at radius 1 is 0.816 bits per heavy atom. The summed E-state index contributed by atoms with van der Waals surface area (Å²) in [7, 11) is 2.62. The number of esters is 5. The van der Waals surface area contributed by atoms with Crippen LogP contribution in [0.3, 0.4) is 0 Å². The second-order valence-corrected chi connectivity index (χ2v) is 22.5. The van der Waals surface area contributed by atoms with E-state index in [1.54, 1.807) is 66.7 Å². The standard InChI is InChI=1S/C54H60ClNO18S2/c1-30-36(71-49(64)43(72-50(65)68-23-25-76-75-24-22-67-39(60)28-55)41(33-16-10-7-11-17-33)56-47(62)34-18-12-8-13-19-34)27-54(66)46(73-48(63)35-20-14-9-15-21-35)44-52(6,37(59)26-38-53(44,29-69-38)74-32(3)58)45(61)42(70-31(2)57)40(30)51(54,4)5/h7-21,36-38,41-44,46,59,66H,22-29H2,1-6H3,(H,56,62)/t36-,37-,38+,41-,42+,43+,44?,46?,52+,53-,54+/m0/s1. The van der Waals surface area contributed by atoms with E-state index in [4.69, 9.17) is 49.5 Å². The monoisotopic (exact) mass is 1110 g/mol. The maximum absolute atomic E-state index is 15.8. The lowest BCUT2D eigenvalue weighted by atomic mass is 9.44. The zero-order chi connectivity index (χ0) is 55.2. The number of rotatable bonds is 19. The summed E-state index contributed by atoms with van der Waals surface area (Å²) in [6, 6.07) is 22.4. The van der Waals surface area contributed by atoms with Gasteiger partial charge in [-0.15, -0.1) is 11.6 Å². The van der Waals surface area contributed by atoms with Crippen molar-refractivity contribution in [1.29, 1.82) is 0 Å². The van der Waals surface area contributed by atoms with Gasteiger partial charge in [0.1, 0.15) is 49.0 Å². The predicted molar refractivity (Wildman–Crippen MR) is 274 cm³/mol. The first kappa shape index (κ1) is 57.7. The third-order valence-electron chi connectivity index (χ3n) is 14.7. The summed E-state index contributed by atoms with van der Waals surface area (Å²) in [5, 5.41) is 29.0. The lowest BCUT2D eigenvalue weighted by molar-refractivity contribution is -0.346. The van der Waals surface area contributed by atoms with Crippen LogP contribution in [0.4, 0.5) is 4.79 Å². The molecule has 3 aliphatic carbocycles. The first-order valence-electron chi connectivity index (χ1n) is 24.4. The highest BCUT2D eigenvalue weighted by Crippen LogP contribution is 2.64. The van der Waals surface area contributed by atoms with E-state index < -0.39 is 125 Å². The van der Waals surface area contributed by atoms with Gasteiger partial charge in [-0.25, -0.2) is 14.4 Å². The number of hydrogen-bond acceptors (Lipinski definition) is 20. The van der Waals surface area contributed by atoms with Gasteiger partial charge < -0.3 is 53.4 Å². The first-order valence-corrected chi connectivity index (χ1v) is 27.4. The van der Waals surface area contributed by atoms with Crippen LogP contribution in [0.25, 0.3) is 0 Å². The molecule has 3 aromatic rings. The second-order valence-electron chi connectivity index (χ2n) is 19.5. The molecule has 4 aliphatic rings. The largest absolute Gasteiger partial charge is 0.509 e. The molecule has 1 heterocycles. The molecule has 76 heavy (non-hydrogen) atoms. The molecule has 1 saturated heterocycles. The van der Waals surface area contributed by atoms with Crippen molar-refractivity contribution < 1.29 is 86.5 Å². The number of carbonyl (C=O) groups excluding carboxylic acids is 8. The number of aliphatic hydroxyl groups is 2. The summed E-state index contributed by atoms with van der Waals surface area (Å²) >= 11 is 5.47. The lowest BCUT2D eigenvalue weighted by Crippen LogP contribution is -2.82. The highest BCUT2D eigenvalue weighted by atomic mass is 35.5. The number of carbonyl (C=O) groups is 8. The van der Waals surface area contributed by atoms with E-state index >= 15 is 9.59 Å². The third kappa shape index (κ3) is 11.6. The van der Waals surface area contributed by atoms with Crippen molar-refractivity contribution >= 4 is 80.9 Å². The number of ether oxygens (including phenoxy) is 8. The Hall–Kier alpha value is -5.97. The number of fused-ring (bicyclic) bond motifs is 5. The molecular weight excluding hydrogens is 1050 g/mol. The van der Waals surface area contributed by atoms with Crippen molar-refractivity contribution in [3.05, 3.63) is 119 Å². The van der Waals surface area contributed by atoms with Crippen LogP contribution in [0.2, 0.25) is 0 Å². The van der Waals surface area contributed by atoms with E-state index in [9.17, 15) is 39.0 Å². The van der Waals surface area contributed by atoms with E-state index in [0.29, 0.717) is 5.75 Å². The van der Waals surface area contributed by atoms with Gasteiger partial charge in [0.05, 0.1) is 29.6 Å². The second kappa shape index (κ2) is 24.1. The summed E-state index contributed by atoms with van der Waals surface area (Å²) < 4.78 is 47.0. The van der Waals surface area contributed by atoms with Crippen LogP contribution in [0.1, 0.15) is 86.7 Å². The Morgan fingerprint density at radius 2 is 1.41 bits per heavy atom. The Labute approximate surface area is 451 Å². The van der Waals surface area contributed by atoms with Crippen molar-refractivity contribution in [3.8, 4) is 0 Å². The average Bonchev–Trinajstić information content (AvgIpc) is 3.59. The first-order chi connectivity index (χ1) is 36.1. The molecule has 1 aliphatic heterocycles. The fourth-order valence-electron chi connectivity index (χ4n) is 10.9. The van der Waals surface area contributed by atoms with Crippen LogP contribution in [-0.2, 0) is 61.9 Å². The molecule has 3 aromatic carbocycles. The number of alkyl halides is 1. The van der Waals surface area contributed by atoms with Gasteiger partial charge >= 0.3 is 36.0 Å². The number of aliphatic hydroxyl groups excluding tert-OH is 1. The number of ketones is 1. The molecule has 0 aromatic heterocycles. The Morgan fingerprint density at radius 3 is 1.97 bits per heavy atom. The van der Waals surface area contributed by atoms with E-state index in [-0.39, 0.29) is 65.7 Å². The normalized spacial score (nSPS) is 27.9. The topological polar surface area (TPSA) is 263 Å². The molecule has 19 nitrogen and oxygen atoms in total. The molecular formula is C54H60ClNO18S2. The van der Waals surface area contributed by atoms with Crippen LogP contribution in [0.5, 0.6) is 0 Å². The minimum atomic E-state index is -2.50. The SMILES string of the molecule is CC(=O)O[C@H]1C(=O)[C@@]2(C)C(C(OC(=O)c3ccccc3)[C@]3(O)C[C@H](OC(=O)[C@H](OC(=O)OCCSSCCOC(=O)CCl)[C@@H](NC(=O)c4ccccc4)c4ccccc4)C(C)=C1C3(C)C)[C@]1(OC(C)=O)CO[C@@H]1C[C@@H]2O. The molecule has 0 radical (unpaired) electrons. The number of nitrogens with one attached hydrogen (secondary N) is 1. The molecule has 3 N–H and O–H groups in total. The van der Waals surface area contributed by atoms with Gasteiger partial charge in [-0.2, -0.15) is 0 Å². The molecule has 7 rings (SSSR count). The maximum atomic E-state index is 15.8. The highest BCUT2D eigenvalue weighted by molar-refractivity contribution is 8.76. The Balaban J connectivity index is 1.33. The van der Waals surface area contributed by atoms with Gasteiger partial charge in [-0.05, 0) is 54.8 Å². The van der Waals surface area contributed by atoms with E-state index in [1.807, 2.05) is 0 Å². The number of halogens is 1. The summed E-state index contributed by atoms with van der Waals surface area (Å²) in [4.78, 5) is 111. The van der Waals surface area contributed by atoms with Crippen LogP contribution < -0.4 is 5.32 Å². The van der Waals surface area contributed by atoms with Gasteiger partial charge in [0.15, 0.2) is 17.5 Å². The Bertz CT molecular complexity index is 2690. The molecule has 0 spiro atoms. The fourth-order valence-corrected chi connectivity index (χ4v) is 12.7. The van der Waals surface area contributed by atoms with E-state index in [0.717, 1.165) is 13.8 Å². The smallest absolute Gasteiger partial charge is 0.464 e. The molecule has 11 atom stereocenters. The van der Waals surface area contributed by atoms with E-state index in [2.05, 4.69) is 5.32 Å². The molecule has 2 bridgehead atoms. The summed E-state index contributed by atoms with van der Waals surface area (Å²) in [6.07, 6.45) is -12.4. The zero-order valence-electron chi connectivity index (χ0n) is 42.6. The van der Waals surface area contributed by atoms with E-state index in [1.165, 1.54) is 73.5 Å². The van der Waals surface area contributed by atoms with Gasteiger partial charge in [0, 0.05) is 49.2 Å². The van der Waals surface area contributed by atoms with Crippen molar-refractivity contribution in [2.75, 3.05) is 37.2 Å². The Kier molecular flexibility index (Phi) is 18.3. The fraction of sp³-hybridized carbons (Fsp3) is 0.481. The lowest BCUT2D eigenvalue weighted by Gasteiger charge is -2.67. The number of benzene rings is 3. The van der Waals surface area contributed by atoms with Crippen molar-refractivity contribution in [1.82, 2.24) is 5.32 Å². The molecule has 1 amide bonds. The van der Waals surface area contributed by atoms with Crippen molar-refractivity contribution in [2.45, 2.75) is 108 Å². The van der Waals surface area contributed by atoms with Crippen LogP contribution in [0, 0.1) is 16.7 Å². The predicted octanol–water partition coefficient (Wildman–Crippen LogP) is 6.06. The van der Waals surface area contributed by atoms with Crippen molar-refractivity contribution in [2.24, 2.45) is 16.7 Å². The van der Waals surface area contributed by atoms with Gasteiger partial charge in [0.2, 0.25) is 6.10 Å². The summed E-state index contributed by atoms with van der Waals surface area (Å²) in [5.74, 6) is -7.44. The van der Waals surface area contributed by atoms with Crippen molar-refractivity contribution in [3.63, 3.8) is 0 Å². The van der Waals surface area contributed by atoms with Crippen LogP contribution in [-0.4, -0.2) is 143 Å². The molecule has 3 fully saturated rings. The van der Waals surface area contributed by atoms with Gasteiger partial charge in [-0.1, -0.05) is 102 Å². The molecule has 2 unspecified atom stereocenters.